The van der Waals surface area contributed by atoms with Crippen molar-refractivity contribution in [3.05, 3.63) is 65.2 Å². The summed E-state index contributed by atoms with van der Waals surface area (Å²) in [6.45, 7) is 8.27. The van der Waals surface area contributed by atoms with Crippen LogP contribution >= 0.6 is 0 Å². The van der Waals surface area contributed by atoms with Crippen molar-refractivity contribution in [1.29, 1.82) is 0 Å². The van der Waals surface area contributed by atoms with E-state index in [9.17, 15) is 18.0 Å². The molecule has 0 aliphatic carbocycles. The number of sulfonamides is 1. The average Bonchev–Trinajstić information content (AvgIpc) is 2.82. The summed E-state index contributed by atoms with van der Waals surface area (Å²) in [5, 5.41) is 2.93. The number of nitrogens with one attached hydrogen (secondary N) is 1. The minimum Gasteiger partial charge on any atom is -0.354 e. The molecule has 0 spiro atoms. The van der Waals surface area contributed by atoms with Gasteiger partial charge in [0.1, 0.15) is 12.6 Å². The summed E-state index contributed by atoms with van der Waals surface area (Å²) in [6.07, 6.45) is 4.13. The van der Waals surface area contributed by atoms with Gasteiger partial charge in [-0.05, 0) is 49.4 Å². The third-order valence-electron chi connectivity index (χ3n) is 5.96. The predicted molar refractivity (Wildman–Crippen MR) is 142 cm³/mol. The number of unbranched alkanes of at least 4 members (excludes halogenated alkanes) is 1. The fraction of sp³-hybridized carbons (Fsp3) is 0.481. The Balaban J connectivity index is 2.39. The Morgan fingerprint density at radius 3 is 2.23 bits per heavy atom. The van der Waals surface area contributed by atoms with Gasteiger partial charge in [-0.1, -0.05) is 69.2 Å². The van der Waals surface area contributed by atoms with Crippen molar-refractivity contribution in [1.82, 2.24) is 10.2 Å². The lowest BCUT2D eigenvalue weighted by Gasteiger charge is -2.33. The number of benzene rings is 2. The summed E-state index contributed by atoms with van der Waals surface area (Å²) in [4.78, 5) is 28.2. The van der Waals surface area contributed by atoms with Crippen LogP contribution in [-0.4, -0.2) is 50.5 Å². The average molecular weight is 502 g/mol. The van der Waals surface area contributed by atoms with Crippen molar-refractivity contribution in [3.63, 3.8) is 0 Å². The van der Waals surface area contributed by atoms with Crippen molar-refractivity contribution < 1.29 is 18.0 Å². The Kier molecular flexibility index (Phi) is 10.8. The number of hydrogen-bond donors (Lipinski definition) is 1. The first-order chi connectivity index (χ1) is 16.6. The number of amides is 2. The van der Waals surface area contributed by atoms with Gasteiger partial charge in [0.25, 0.3) is 0 Å². The fourth-order valence-electron chi connectivity index (χ4n) is 3.94. The first-order valence-corrected chi connectivity index (χ1v) is 14.1. The highest BCUT2D eigenvalue weighted by molar-refractivity contribution is 7.92. The Morgan fingerprint density at radius 1 is 1.00 bits per heavy atom. The summed E-state index contributed by atoms with van der Waals surface area (Å²) < 4.78 is 26.5. The van der Waals surface area contributed by atoms with Crippen molar-refractivity contribution in [2.45, 2.75) is 66.0 Å². The van der Waals surface area contributed by atoms with Crippen LogP contribution in [0, 0.1) is 6.92 Å². The molecule has 1 N–H and O–H groups in total. The van der Waals surface area contributed by atoms with Crippen molar-refractivity contribution in [2.24, 2.45) is 0 Å². The van der Waals surface area contributed by atoms with Crippen LogP contribution in [0.4, 0.5) is 5.69 Å². The summed E-state index contributed by atoms with van der Waals surface area (Å²) >= 11 is 0. The molecule has 8 heteroatoms. The topological polar surface area (TPSA) is 86.8 Å². The molecule has 7 nitrogen and oxygen atoms in total. The van der Waals surface area contributed by atoms with Crippen LogP contribution in [0.25, 0.3) is 0 Å². The van der Waals surface area contributed by atoms with Gasteiger partial charge in [0.15, 0.2) is 0 Å². The highest BCUT2D eigenvalue weighted by atomic mass is 32.2. The van der Waals surface area contributed by atoms with Gasteiger partial charge in [0.2, 0.25) is 21.8 Å². The molecule has 0 unspecified atom stereocenters. The van der Waals surface area contributed by atoms with E-state index in [4.69, 9.17) is 0 Å². The van der Waals surface area contributed by atoms with Crippen LogP contribution in [0.15, 0.2) is 48.5 Å². The van der Waals surface area contributed by atoms with Gasteiger partial charge < -0.3 is 10.2 Å². The summed E-state index contributed by atoms with van der Waals surface area (Å²) in [7, 11) is -3.73. The molecule has 0 bridgehead atoms. The van der Waals surface area contributed by atoms with E-state index < -0.39 is 22.0 Å². The molecule has 0 saturated carbocycles. The highest BCUT2D eigenvalue weighted by Gasteiger charge is 2.31. The monoisotopic (exact) mass is 501 g/mol. The normalized spacial score (nSPS) is 12.1. The zero-order valence-corrected chi connectivity index (χ0v) is 22.4. The number of anilines is 1. The maximum absolute atomic E-state index is 13.7. The van der Waals surface area contributed by atoms with Gasteiger partial charge in [-0.2, -0.15) is 0 Å². The molecule has 2 rings (SSSR count). The number of aryl methyl sites for hydroxylation is 2. The molecule has 0 aromatic heterocycles. The van der Waals surface area contributed by atoms with Crippen molar-refractivity contribution in [3.8, 4) is 0 Å². The quantitative estimate of drug-likeness (QED) is 0.420. The SMILES string of the molecule is CCCCNC(=O)[C@H](CC)N(Cc1cccc(C)c1)C(=O)CN(c1ccc(CC)cc1)S(C)(=O)=O. The Bertz CT molecular complexity index is 1080. The standard InChI is InChI=1S/C27H39N3O4S/c1-6-9-17-28-27(32)25(8-3)29(19-23-12-10-11-21(4)18-23)26(31)20-30(35(5,33)34)24-15-13-22(7-2)14-16-24/h10-16,18,25H,6-9,17,19-20H2,1-5H3,(H,28,32)/t25-/m0/s1. The molecule has 0 aliphatic rings. The van der Waals surface area contributed by atoms with Gasteiger partial charge in [-0.3, -0.25) is 13.9 Å². The van der Waals surface area contributed by atoms with E-state index in [1.54, 1.807) is 12.1 Å². The smallest absolute Gasteiger partial charge is 0.244 e. The van der Waals surface area contributed by atoms with Crippen LogP contribution in [0.2, 0.25) is 0 Å². The van der Waals surface area contributed by atoms with Crippen molar-refractivity contribution >= 4 is 27.5 Å². The number of carbonyl (C=O) groups excluding carboxylic acids is 2. The van der Waals surface area contributed by atoms with Gasteiger partial charge in [0, 0.05) is 13.1 Å². The lowest BCUT2D eigenvalue weighted by atomic mass is 10.1. The summed E-state index contributed by atoms with van der Waals surface area (Å²) in [5.41, 5.74) is 3.43. The number of rotatable bonds is 13. The Labute approximate surface area is 210 Å². The largest absolute Gasteiger partial charge is 0.354 e. The molecule has 2 aromatic carbocycles. The second kappa shape index (κ2) is 13.3. The van der Waals surface area contributed by atoms with Gasteiger partial charge >= 0.3 is 0 Å². The van der Waals surface area contributed by atoms with Crippen molar-refractivity contribution in [2.75, 3.05) is 23.7 Å². The first kappa shape index (κ1) is 28.4. The molecule has 35 heavy (non-hydrogen) atoms. The van der Waals surface area contributed by atoms with Gasteiger partial charge in [-0.15, -0.1) is 0 Å². The minimum atomic E-state index is -3.73. The van der Waals surface area contributed by atoms with E-state index in [1.807, 2.05) is 64.1 Å². The van der Waals surface area contributed by atoms with Crippen LogP contribution in [0.1, 0.15) is 56.7 Å². The second-order valence-electron chi connectivity index (χ2n) is 8.87. The molecule has 0 radical (unpaired) electrons. The maximum atomic E-state index is 13.7. The zero-order valence-electron chi connectivity index (χ0n) is 21.6. The van der Waals surface area contributed by atoms with E-state index in [-0.39, 0.29) is 19.0 Å². The molecular weight excluding hydrogens is 462 g/mol. The molecule has 0 saturated heterocycles. The molecule has 0 heterocycles. The first-order valence-electron chi connectivity index (χ1n) is 12.3. The Morgan fingerprint density at radius 2 is 1.69 bits per heavy atom. The summed E-state index contributed by atoms with van der Waals surface area (Å²) in [6, 6.07) is 14.2. The number of nitrogens with zero attached hydrogens (tertiary/aromatic N) is 2. The van der Waals surface area contributed by atoms with Crippen LogP contribution in [0.3, 0.4) is 0 Å². The molecule has 2 amide bonds. The third-order valence-corrected chi connectivity index (χ3v) is 7.10. The van der Waals surface area contributed by atoms with E-state index in [0.29, 0.717) is 18.7 Å². The van der Waals surface area contributed by atoms with E-state index in [0.717, 1.165) is 46.5 Å². The molecule has 0 aliphatic heterocycles. The van der Waals surface area contributed by atoms with Crippen LogP contribution < -0.4 is 9.62 Å². The molecule has 192 valence electrons. The number of hydrogen-bond acceptors (Lipinski definition) is 4. The van der Waals surface area contributed by atoms with Gasteiger partial charge in [0.05, 0.1) is 11.9 Å². The zero-order chi connectivity index (χ0) is 26.0. The van der Waals surface area contributed by atoms with Crippen LogP contribution in [-0.2, 0) is 32.6 Å². The molecule has 2 aromatic rings. The lowest BCUT2D eigenvalue weighted by Crippen LogP contribution is -2.52. The fourth-order valence-corrected chi connectivity index (χ4v) is 4.79. The number of carbonyl (C=O) groups is 2. The minimum absolute atomic E-state index is 0.215. The highest BCUT2D eigenvalue weighted by Crippen LogP contribution is 2.21. The van der Waals surface area contributed by atoms with Gasteiger partial charge in [-0.25, -0.2) is 8.42 Å². The molecule has 0 fully saturated rings. The van der Waals surface area contributed by atoms with E-state index >= 15 is 0 Å². The summed E-state index contributed by atoms with van der Waals surface area (Å²) in [5.74, 6) is -0.644. The van der Waals surface area contributed by atoms with Crippen LogP contribution in [0.5, 0.6) is 0 Å². The molecular formula is C27H39N3O4S. The predicted octanol–water partition coefficient (Wildman–Crippen LogP) is 4.05. The second-order valence-corrected chi connectivity index (χ2v) is 10.8. The lowest BCUT2D eigenvalue weighted by molar-refractivity contribution is -0.140. The van der Waals surface area contributed by atoms with E-state index in [1.165, 1.54) is 4.90 Å². The Hall–Kier alpha value is -2.87. The molecule has 1 atom stereocenters. The maximum Gasteiger partial charge on any atom is 0.244 e. The third kappa shape index (κ3) is 8.38. The van der Waals surface area contributed by atoms with E-state index in [2.05, 4.69) is 5.32 Å².